The first kappa shape index (κ1) is 9.04. The zero-order valence-electron chi connectivity index (χ0n) is 8.48. The minimum Gasteiger partial charge on any atom is -0.504 e. The molecule has 0 amide bonds. The molecule has 1 aliphatic carbocycles. The van der Waals surface area contributed by atoms with E-state index in [-0.39, 0.29) is 11.5 Å². The molecule has 3 rings (SSSR count). The lowest BCUT2D eigenvalue weighted by Crippen LogP contribution is -2.33. The third-order valence-corrected chi connectivity index (χ3v) is 3.89. The summed E-state index contributed by atoms with van der Waals surface area (Å²) in [6.07, 6.45) is 1.21. The van der Waals surface area contributed by atoms with Crippen molar-refractivity contribution in [3.63, 3.8) is 0 Å². The Morgan fingerprint density at radius 2 is 2.00 bits per heavy atom. The fourth-order valence-corrected chi connectivity index (χ4v) is 2.94. The van der Waals surface area contributed by atoms with Gasteiger partial charge in [0.2, 0.25) is 0 Å². The second-order valence-corrected chi connectivity index (χ2v) is 4.67. The molecule has 1 heterocycles. The average Bonchev–Trinajstić information content (AvgIpc) is 2.54. The van der Waals surface area contributed by atoms with Crippen molar-refractivity contribution >= 4 is 0 Å². The van der Waals surface area contributed by atoms with Gasteiger partial charge in [0.15, 0.2) is 11.5 Å². The molecule has 1 aliphatic heterocycles. The summed E-state index contributed by atoms with van der Waals surface area (Å²) in [5.74, 6) is 2.09. The molecule has 80 valence electrons. The molecule has 0 bridgehead atoms. The van der Waals surface area contributed by atoms with Gasteiger partial charge < -0.3 is 15.5 Å². The topological polar surface area (TPSA) is 52.5 Å². The standard InChI is InChI=1S/C12H15NO2/c14-11-2-1-7(4-12(11)15)9-3-8-5-13-6-10(8)9/h1-2,4,8-10,13-15H,3,5-6H2. The first-order valence-electron chi connectivity index (χ1n) is 5.48. The fourth-order valence-electron chi connectivity index (χ4n) is 2.94. The number of fused-ring (bicyclic) bond motifs is 1. The van der Waals surface area contributed by atoms with E-state index in [0.29, 0.717) is 5.92 Å². The van der Waals surface area contributed by atoms with E-state index in [0.717, 1.165) is 30.5 Å². The summed E-state index contributed by atoms with van der Waals surface area (Å²) in [4.78, 5) is 0. The minimum absolute atomic E-state index is 0.00176. The highest BCUT2D eigenvalue weighted by molar-refractivity contribution is 5.42. The van der Waals surface area contributed by atoms with Crippen LogP contribution in [0.3, 0.4) is 0 Å². The summed E-state index contributed by atoms with van der Waals surface area (Å²) < 4.78 is 0. The maximum absolute atomic E-state index is 9.44. The van der Waals surface area contributed by atoms with Crippen LogP contribution in [0.25, 0.3) is 0 Å². The molecule has 1 aromatic carbocycles. The second kappa shape index (κ2) is 3.14. The van der Waals surface area contributed by atoms with Crippen LogP contribution in [0, 0.1) is 11.8 Å². The highest BCUT2D eigenvalue weighted by Gasteiger charge is 2.44. The van der Waals surface area contributed by atoms with Crippen LogP contribution in [0.2, 0.25) is 0 Å². The van der Waals surface area contributed by atoms with Crippen LogP contribution in [0.15, 0.2) is 18.2 Å². The largest absolute Gasteiger partial charge is 0.504 e. The molecule has 3 unspecified atom stereocenters. The first-order chi connectivity index (χ1) is 7.25. The van der Waals surface area contributed by atoms with E-state index >= 15 is 0 Å². The van der Waals surface area contributed by atoms with Crippen molar-refractivity contribution in [1.29, 1.82) is 0 Å². The van der Waals surface area contributed by atoms with E-state index in [4.69, 9.17) is 0 Å². The molecule has 3 heteroatoms. The lowest BCUT2D eigenvalue weighted by molar-refractivity contribution is 0.190. The van der Waals surface area contributed by atoms with E-state index in [9.17, 15) is 10.2 Å². The number of benzene rings is 1. The van der Waals surface area contributed by atoms with Crippen LogP contribution in [-0.2, 0) is 0 Å². The Labute approximate surface area is 88.7 Å². The maximum atomic E-state index is 9.44. The Bertz CT molecular complexity index is 391. The van der Waals surface area contributed by atoms with Crippen molar-refractivity contribution in [1.82, 2.24) is 5.32 Å². The highest BCUT2D eigenvalue weighted by atomic mass is 16.3. The van der Waals surface area contributed by atoms with E-state index < -0.39 is 0 Å². The molecule has 2 aliphatic rings. The zero-order valence-corrected chi connectivity index (χ0v) is 8.48. The molecule has 3 N–H and O–H groups in total. The molecule has 1 saturated carbocycles. The lowest BCUT2D eigenvalue weighted by atomic mass is 9.64. The maximum Gasteiger partial charge on any atom is 0.157 e. The second-order valence-electron chi connectivity index (χ2n) is 4.67. The van der Waals surface area contributed by atoms with Gasteiger partial charge in [0.25, 0.3) is 0 Å². The predicted octanol–water partition coefficient (Wildman–Crippen LogP) is 1.42. The van der Waals surface area contributed by atoms with Gasteiger partial charge >= 0.3 is 0 Å². The van der Waals surface area contributed by atoms with Crippen LogP contribution in [0.1, 0.15) is 17.9 Å². The first-order valence-corrected chi connectivity index (χ1v) is 5.48. The molecule has 0 aromatic heterocycles. The third kappa shape index (κ3) is 1.30. The van der Waals surface area contributed by atoms with Crippen molar-refractivity contribution in [3.05, 3.63) is 23.8 Å². The van der Waals surface area contributed by atoms with Crippen molar-refractivity contribution < 1.29 is 10.2 Å². The summed E-state index contributed by atoms with van der Waals surface area (Å²) >= 11 is 0. The number of hydrogen-bond acceptors (Lipinski definition) is 3. The van der Waals surface area contributed by atoms with Crippen LogP contribution >= 0.6 is 0 Å². The quantitative estimate of drug-likeness (QED) is 0.608. The van der Waals surface area contributed by atoms with Crippen LogP contribution in [0.4, 0.5) is 0 Å². The van der Waals surface area contributed by atoms with Gasteiger partial charge in [-0.3, -0.25) is 0 Å². The van der Waals surface area contributed by atoms with Gasteiger partial charge in [-0.05, 0) is 55.0 Å². The van der Waals surface area contributed by atoms with Gasteiger partial charge in [0.1, 0.15) is 0 Å². The smallest absolute Gasteiger partial charge is 0.157 e. The monoisotopic (exact) mass is 205 g/mol. The molecule has 1 saturated heterocycles. The van der Waals surface area contributed by atoms with Gasteiger partial charge in [-0.1, -0.05) is 6.07 Å². The predicted molar refractivity (Wildman–Crippen MR) is 57.0 cm³/mol. The Kier molecular flexibility index (Phi) is 1.89. The van der Waals surface area contributed by atoms with Gasteiger partial charge in [0.05, 0.1) is 0 Å². The van der Waals surface area contributed by atoms with Crippen LogP contribution in [0.5, 0.6) is 11.5 Å². The normalized spacial score (nSPS) is 33.5. The minimum atomic E-state index is -0.0285. The highest BCUT2D eigenvalue weighted by Crippen LogP contribution is 2.49. The lowest BCUT2D eigenvalue weighted by Gasteiger charge is -2.40. The number of aromatic hydroxyl groups is 2. The molecular weight excluding hydrogens is 190 g/mol. The van der Waals surface area contributed by atoms with Gasteiger partial charge in [0, 0.05) is 0 Å². The molecule has 3 nitrogen and oxygen atoms in total. The van der Waals surface area contributed by atoms with Crippen molar-refractivity contribution in [2.75, 3.05) is 13.1 Å². The molecule has 15 heavy (non-hydrogen) atoms. The number of rotatable bonds is 1. The Hall–Kier alpha value is -1.22. The molecule has 3 atom stereocenters. The van der Waals surface area contributed by atoms with Crippen LogP contribution in [-0.4, -0.2) is 23.3 Å². The summed E-state index contributed by atoms with van der Waals surface area (Å²) in [7, 11) is 0. The average molecular weight is 205 g/mol. The van der Waals surface area contributed by atoms with E-state index in [1.54, 1.807) is 12.1 Å². The molecule has 0 radical (unpaired) electrons. The van der Waals surface area contributed by atoms with Crippen molar-refractivity contribution in [2.45, 2.75) is 12.3 Å². The number of hydrogen-bond donors (Lipinski definition) is 3. The summed E-state index contributed by atoms with van der Waals surface area (Å²) in [5.41, 5.74) is 1.16. The van der Waals surface area contributed by atoms with E-state index in [1.165, 1.54) is 6.42 Å². The number of phenols is 2. The molecule has 2 fully saturated rings. The Morgan fingerprint density at radius 3 is 2.73 bits per heavy atom. The third-order valence-electron chi connectivity index (χ3n) is 3.89. The number of phenolic OH excluding ortho intramolecular Hbond substituents is 2. The Morgan fingerprint density at radius 1 is 1.13 bits per heavy atom. The fraction of sp³-hybridized carbons (Fsp3) is 0.500. The van der Waals surface area contributed by atoms with Gasteiger partial charge in [-0.15, -0.1) is 0 Å². The van der Waals surface area contributed by atoms with E-state index in [1.807, 2.05) is 6.07 Å². The van der Waals surface area contributed by atoms with Gasteiger partial charge in [-0.2, -0.15) is 0 Å². The zero-order chi connectivity index (χ0) is 10.4. The summed E-state index contributed by atoms with van der Waals surface area (Å²) in [5, 5.41) is 22.1. The van der Waals surface area contributed by atoms with Crippen molar-refractivity contribution in [3.8, 4) is 11.5 Å². The SMILES string of the molecule is Oc1ccc(C2CC3CNCC32)cc1O. The summed E-state index contributed by atoms with van der Waals surface area (Å²) in [6.45, 7) is 2.24. The van der Waals surface area contributed by atoms with E-state index in [2.05, 4.69) is 5.32 Å². The number of nitrogens with one attached hydrogen (secondary N) is 1. The molecule has 0 spiro atoms. The van der Waals surface area contributed by atoms with Crippen LogP contribution < -0.4 is 5.32 Å². The Balaban J connectivity index is 1.85. The van der Waals surface area contributed by atoms with Gasteiger partial charge in [-0.25, -0.2) is 0 Å². The molecule has 1 aromatic rings. The van der Waals surface area contributed by atoms with Crippen molar-refractivity contribution in [2.24, 2.45) is 11.8 Å². The molecular formula is C12H15NO2. The summed E-state index contributed by atoms with van der Waals surface area (Å²) in [6, 6.07) is 5.21.